The van der Waals surface area contributed by atoms with Crippen LogP contribution < -0.4 is 0 Å². The molecule has 0 saturated carbocycles. The van der Waals surface area contributed by atoms with Crippen molar-refractivity contribution in [3.8, 4) is 90.6 Å². The lowest BCUT2D eigenvalue weighted by Crippen LogP contribution is -2.07. The molecule has 8 nitrogen and oxygen atoms in total. The average molecular weight is 1200 g/mol. The van der Waals surface area contributed by atoms with Gasteiger partial charge in [0.25, 0.3) is 0 Å². The Kier molecular flexibility index (Phi) is 12.1. The standard InChI is InChI=1S/C86H54N8/c1-2-20-55(21-3-1)56-38-40-57(41-39-56)62-50-63(58-42-46-60(47-43-58)73-53-83(91-75-30-12-4-22-65(75)66-23-5-13-31-76(66)91)89-85(87-73)93-79-34-16-8-26-69(79)70-27-9-17-35-80(70)93)52-64(51-62)59-44-48-61(49-45-59)74-54-84(92-77-32-14-6-24-67(77)68-25-7-15-33-78(68)92)90-86(88-74)94-81-36-18-10-28-71(81)72-29-11-19-37-82(72)94/h1-54H. The SMILES string of the molecule is c1ccc(-c2ccc(-c3cc(-c4ccc(-c5cc(-n6c7ccccc7c7ccccc76)nc(-n6c7ccccc7c7ccccc76)n5)cc4)cc(-c4ccc(-c5cc(-n6c7ccccc7c7ccccc76)nc(-n6c7ccccc7c7ccccc76)n5)cc4)c3)cc2)cc1. The third kappa shape index (κ3) is 8.61. The predicted molar refractivity (Wildman–Crippen MR) is 388 cm³/mol. The van der Waals surface area contributed by atoms with Crippen molar-refractivity contribution < 1.29 is 0 Å². The van der Waals surface area contributed by atoms with Crippen LogP contribution in [0, 0.1) is 0 Å². The molecule has 6 aromatic heterocycles. The molecule has 0 aliphatic heterocycles. The minimum absolute atomic E-state index is 0.601. The highest BCUT2D eigenvalue weighted by atomic mass is 15.2. The quantitative estimate of drug-likeness (QED) is 0.137. The largest absolute Gasteiger partial charge is 0.294 e. The molecule has 19 aromatic rings. The second-order valence-corrected chi connectivity index (χ2v) is 24.2. The Balaban J connectivity index is 0.750. The first-order valence-corrected chi connectivity index (χ1v) is 31.9. The fraction of sp³-hybridized carbons (Fsp3) is 0. The van der Waals surface area contributed by atoms with E-state index < -0.39 is 0 Å². The summed E-state index contributed by atoms with van der Waals surface area (Å²) in [6.07, 6.45) is 0. The highest BCUT2D eigenvalue weighted by molar-refractivity contribution is 6.12. The highest BCUT2D eigenvalue weighted by Crippen LogP contribution is 2.41. The number of fused-ring (bicyclic) bond motifs is 12. The van der Waals surface area contributed by atoms with Gasteiger partial charge in [-0.3, -0.25) is 18.3 Å². The molecule has 94 heavy (non-hydrogen) atoms. The van der Waals surface area contributed by atoms with Crippen molar-refractivity contribution >= 4 is 87.2 Å². The molecule has 19 rings (SSSR count). The zero-order valence-electron chi connectivity index (χ0n) is 50.8. The molecular weight excluding hydrogens is 1150 g/mol. The minimum atomic E-state index is 0.601. The predicted octanol–water partition coefficient (Wildman–Crippen LogP) is 21.7. The molecule has 0 fully saturated rings. The number of para-hydroxylation sites is 8. The summed E-state index contributed by atoms with van der Waals surface area (Å²) in [6.45, 7) is 0. The Hall–Kier alpha value is -12.8. The van der Waals surface area contributed by atoms with Crippen molar-refractivity contribution in [2.75, 3.05) is 0 Å². The van der Waals surface area contributed by atoms with Crippen molar-refractivity contribution in [1.82, 2.24) is 38.2 Å². The summed E-state index contributed by atoms with van der Waals surface area (Å²) >= 11 is 0. The maximum absolute atomic E-state index is 5.51. The first-order chi connectivity index (χ1) is 46.6. The van der Waals surface area contributed by atoms with E-state index >= 15 is 0 Å². The average Bonchev–Trinajstić information content (AvgIpc) is 1.52. The summed E-state index contributed by atoms with van der Waals surface area (Å²) in [4.78, 5) is 22.0. The van der Waals surface area contributed by atoms with Gasteiger partial charge < -0.3 is 0 Å². The first kappa shape index (κ1) is 53.1. The van der Waals surface area contributed by atoms with Crippen LogP contribution in [0.15, 0.2) is 328 Å². The zero-order chi connectivity index (χ0) is 61.8. The molecule has 438 valence electrons. The van der Waals surface area contributed by atoms with Gasteiger partial charge in [-0.2, -0.15) is 9.97 Å². The summed E-state index contributed by atoms with van der Waals surface area (Å²) in [5.74, 6) is 2.78. The summed E-state index contributed by atoms with van der Waals surface area (Å²) in [7, 11) is 0. The lowest BCUT2D eigenvalue weighted by atomic mass is 9.92. The molecule has 0 saturated heterocycles. The Morgan fingerprint density at radius 2 is 0.372 bits per heavy atom. The van der Waals surface area contributed by atoms with Crippen molar-refractivity contribution in [3.63, 3.8) is 0 Å². The monoisotopic (exact) mass is 1200 g/mol. The van der Waals surface area contributed by atoms with Crippen LogP contribution in [0.1, 0.15) is 0 Å². The summed E-state index contributed by atoms with van der Waals surface area (Å²) in [5.41, 5.74) is 21.1. The molecule has 0 radical (unpaired) electrons. The van der Waals surface area contributed by atoms with Gasteiger partial charge in [-0.05, 0) is 111 Å². The molecule has 0 unspecified atom stereocenters. The second kappa shape index (κ2) is 21.4. The summed E-state index contributed by atoms with van der Waals surface area (Å²) < 4.78 is 9.01. The van der Waals surface area contributed by atoms with Crippen LogP contribution in [0.3, 0.4) is 0 Å². The topological polar surface area (TPSA) is 71.3 Å². The maximum Gasteiger partial charge on any atom is 0.237 e. The lowest BCUT2D eigenvalue weighted by Gasteiger charge is -2.15. The third-order valence-corrected chi connectivity index (χ3v) is 18.9. The summed E-state index contributed by atoms with van der Waals surface area (Å²) in [6, 6.07) is 117. The molecule has 0 spiro atoms. The van der Waals surface area contributed by atoms with Crippen LogP contribution >= 0.6 is 0 Å². The van der Waals surface area contributed by atoms with Crippen LogP contribution in [0.25, 0.3) is 178 Å². The smallest absolute Gasteiger partial charge is 0.237 e. The normalized spacial score (nSPS) is 11.8. The number of aromatic nitrogens is 8. The van der Waals surface area contributed by atoms with Crippen molar-refractivity contribution in [2.45, 2.75) is 0 Å². The Morgan fingerprint density at radius 1 is 0.160 bits per heavy atom. The fourth-order valence-corrected chi connectivity index (χ4v) is 14.5. The minimum Gasteiger partial charge on any atom is -0.294 e. The van der Waals surface area contributed by atoms with Gasteiger partial charge in [0.2, 0.25) is 11.9 Å². The number of nitrogens with zero attached hydrogens (tertiary/aromatic N) is 8. The van der Waals surface area contributed by atoms with Gasteiger partial charge in [0, 0.05) is 66.3 Å². The van der Waals surface area contributed by atoms with Gasteiger partial charge in [-0.25, -0.2) is 9.97 Å². The number of benzene rings is 13. The van der Waals surface area contributed by atoms with Crippen molar-refractivity contribution in [2.24, 2.45) is 0 Å². The molecule has 13 aromatic carbocycles. The van der Waals surface area contributed by atoms with Gasteiger partial charge in [-0.1, -0.05) is 249 Å². The van der Waals surface area contributed by atoms with E-state index in [1.165, 1.54) is 32.7 Å². The van der Waals surface area contributed by atoms with Gasteiger partial charge in [-0.15, -0.1) is 0 Å². The van der Waals surface area contributed by atoms with Crippen molar-refractivity contribution in [1.29, 1.82) is 0 Å². The molecule has 0 N–H and O–H groups in total. The molecule has 8 heteroatoms. The number of hydrogen-bond acceptors (Lipinski definition) is 4. The Labute approximate surface area is 540 Å². The molecule has 6 heterocycles. The van der Waals surface area contributed by atoms with Gasteiger partial charge in [0.05, 0.1) is 55.5 Å². The Morgan fingerprint density at radius 3 is 0.649 bits per heavy atom. The van der Waals surface area contributed by atoms with Gasteiger partial charge in [0.1, 0.15) is 11.6 Å². The van der Waals surface area contributed by atoms with E-state index in [1.54, 1.807) is 0 Å². The van der Waals surface area contributed by atoms with Gasteiger partial charge >= 0.3 is 0 Å². The lowest BCUT2D eigenvalue weighted by molar-refractivity contribution is 0.951. The number of hydrogen-bond donors (Lipinski definition) is 0. The maximum atomic E-state index is 5.51. The van der Waals surface area contributed by atoms with Crippen LogP contribution in [-0.4, -0.2) is 38.2 Å². The van der Waals surface area contributed by atoms with Gasteiger partial charge in [0.15, 0.2) is 0 Å². The Bertz CT molecular complexity index is 5400. The van der Waals surface area contributed by atoms with E-state index in [0.717, 1.165) is 133 Å². The second-order valence-electron chi connectivity index (χ2n) is 24.2. The molecule has 0 amide bonds. The molecular formula is C86H54N8. The van der Waals surface area contributed by atoms with E-state index in [9.17, 15) is 0 Å². The van der Waals surface area contributed by atoms with Crippen LogP contribution in [0.5, 0.6) is 0 Å². The molecule has 0 aliphatic carbocycles. The zero-order valence-corrected chi connectivity index (χ0v) is 50.8. The van der Waals surface area contributed by atoms with Crippen LogP contribution in [-0.2, 0) is 0 Å². The third-order valence-electron chi connectivity index (χ3n) is 18.9. The van der Waals surface area contributed by atoms with Crippen LogP contribution in [0.2, 0.25) is 0 Å². The summed E-state index contributed by atoms with van der Waals surface area (Å²) in [5, 5.41) is 9.30. The van der Waals surface area contributed by atoms with E-state index in [4.69, 9.17) is 19.9 Å². The van der Waals surface area contributed by atoms with E-state index in [-0.39, 0.29) is 0 Å². The van der Waals surface area contributed by atoms with Crippen molar-refractivity contribution in [3.05, 3.63) is 328 Å². The highest BCUT2D eigenvalue weighted by Gasteiger charge is 2.23. The van der Waals surface area contributed by atoms with E-state index in [1.807, 2.05) is 0 Å². The fourth-order valence-electron chi connectivity index (χ4n) is 14.5. The molecule has 0 atom stereocenters. The van der Waals surface area contributed by atoms with Crippen LogP contribution in [0.4, 0.5) is 0 Å². The first-order valence-electron chi connectivity index (χ1n) is 31.9. The number of rotatable bonds is 10. The van der Waals surface area contributed by atoms with E-state index in [0.29, 0.717) is 11.9 Å². The molecule has 0 aliphatic rings. The molecule has 0 bridgehead atoms. The van der Waals surface area contributed by atoms with E-state index in [2.05, 4.69) is 346 Å².